The lowest BCUT2D eigenvalue weighted by Gasteiger charge is -2.14. The van der Waals surface area contributed by atoms with E-state index in [9.17, 15) is 4.79 Å². The Morgan fingerprint density at radius 3 is 3.14 bits per heavy atom. The molecule has 0 radical (unpaired) electrons. The Hall–Kier alpha value is -0.870. The van der Waals surface area contributed by atoms with Crippen LogP contribution in [0.1, 0.15) is 11.5 Å². The Labute approximate surface area is 87.1 Å². The molecule has 1 aliphatic rings. The summed E-state index contributed by atoms with van der Waals surface area (Å²) in [7, 11) is 1.45. The van der Waals surface area contributed by atoms with E-state index in [-0.39, 0.29) is 17.8 Å². The van der Waals surface area contributed by atoms with Gasteiger partial charge in [-0.3, -0.25) is 4.79 Å². The van der Waals surface area contributed by atoms with Gasteiger partial charge in [-0.2, -0.15) is 11.3 Å². The number of nitrogens with one attached hydrogen (secondary N) is 1. The van der Waals surface area contributed by atoms with Gasteiger partial charge in [-0.1, -0.05) is 0 Å². The first kappa shape index (κ1) is 9.68. The molecule has 14 heavy (non-hydrogen) atoms. The molecule has 1 aromatic rings. The molecule has 2 heterocycles. The summed E-state index contributed by atoms with van der Waals surface area (Å²) in [4.78, 5) is 11.5. The molecule has 0 amide bonds. The lowest BCUT2D eigenvalue weighted by molar-refractivity contribution is -0.145. The largest absolute Gasteiger partial charge is 0.469 e. The fraction of sp³-hybridized carbons (Fsp3) is 0.500. The van der Waals surface area contributed by atoms with Crippen molar-refractivity contribution in [3.63, 3.8) is 0 Å². The van der Waals surface area contributed by atoms with E-state index < -0.39 is 0 Å². The smallest absolute Gasteiger partial charge is 0.310 e. The fourth-order valence-electron chi connectivity index (χ4n) is 1.91. The highest BCUT2D eigenvalue weighted by Gasteiger charge is 2.34. The zero-order valence-electron chi connectivity index (χ0n) is 8.03. The second kappa shape index (κ2) is 4.11. The Bertz CT molecular complexity index is 310. The first-order valence-corrected chi connectivity index (χ1v) is 5.58. The van der Waals surface area contributed by atoms with Crippen LogP contribution >= 0.6 is 11.3 Å². The number of methoxy groups -OCH3 is 1. The molecule has 0 saturated carbocycles. The van der Waals surface area contributed by atoms with Crippen molar-refractivity contribution in [3.05, 3.63) is 22.4 Å². The van der Waals surface area contributed by atoms with Crippen molar-refractivity contribution in [2.75, 3.05) is 20.2 Å². The molecule has 1 saturated heterocycles. The zero-order valence-corrected chi connectivity index (χ0v) is 8.84. The minimum atomic E-state index is -0.105. The fourth-order valence-corrected chi connectivity index (χ4v) is 2.64. The number of carbonyl (C=O) groups excluding carboxylic acids is 1. The molecule has 76 valence electrons. The van der Waals surface area contributed by atoms with Gasteiger partial charge < -0.3 is 10.1 Å². The van der Waals surface area contributed by atoms with E-state index in [0.717, 1.165) is 13.1 Å². The Kier molecular flexibility index (Phi) is 2.84. The summed E-state index contributed by atoms with van der Waals surface area (Å²) >= 11 is 1.67. The summed E-state index contributed by atoms with van der Waals surface area (Å²) < 4.78 is 4.79. The van der Waals surface area contributed by atoms with Gasteiger partial charge in [-0.05, 0) is 22.4 Å². The molecule has 1 N–H and O–H groups in total. The number of rotatable bonds is 2. The molecular weight excluding hydrogens is 198 g/mol. The van der Waals surface area contributed by atoms with Crippen molar-refractivity contribution in [2.24, 2.45) is 5.92 Å². The average molecular weight is 211 g/mol. The molecule has 1 aliphatic heterocycles. The number of ether oxygens (including phenoxy) is 1. The van der Waals surface area contributed by atoms with Crippen molar-refractivity contribution < 1.29 is 9.53 Å². The molecule has 0 aliphatic carbocycles. The maximum Gasteiger partial charge on any atom is 0.310 e. The van der Waals surface area contributed by atoms with Crippen LogP contribution in [0.4, 0.5) is 0 Å². The van der Waals surface area contributed by atoms with Crippen molar-refractivity contribution in [1.29, 1.82) is 0 Å². The minimum Gasteiger partial charge on any atom is -0.469 e. The molecule has 3 nitrogen and oxygen atoms in total. The molecule has 2 unspecified atom stereocenters. The normalized spacial score (nSPS) is 26.4. The van der Waals surface area contributed by atoms with E-state index in [1.54, 1.807) is 11.3 Å². The monoisotopic (exact) mass is 211 g/mol. The number of hydrogen-bond acceptors (Lipinski definition) is 4. The van der Waals surface area contributed by atoms with Crippen LogP contribution in [0.5, 0.6) is 0 Å². The summed E-state index contributed by atoms with van der Waals surface area (Å²) in [6.07, 6.45) is 0. The van der Waals surface area contributed by atoms with Gasteiger partial charge in [-0.25, -0.2) is 0 Å². The van der Waals surface area contributed by atoms with Crippen LogP contribution in [0.15, 0.2) is 16.8 Å². The van der Waals surface area contributed by atoms with Crippen LogP contribution in [0, 0.1) is 5.92 Å². The SMILES string of the molecule is COC(=O)C1CNCC1c1ccsc1. The van der Waals surface area contributed by atoms with E-state index in [4.69, 9.17) is 4.74 Å². The summed E-state index contributed by atoms with van der Waals surface area (Å²) in [5.74, 6) is 0.162. The Morgan fingerprint density at radius 1 is 1.64 bits per heavy atom. The summed E-state index contributed by atoms with van der Waals surface area (Å²) in [6, 6.07) is 2.08. The highest BCUT2D eigenvalue weighted by atomic mass is 32.1. The molecule has 0 spiro atoms. The van der Waals surface area contributed by atoms with Crippen LogP contribution in [0.2, 0.25) is 0 Å². The van der Waals surface area contributed by atoms with Crippen molar-refractivity contribution in [1.82, 2.24) is 5.32 Å². The first-order valence-electron chi connectivity index (χ1n) is 4.63. The molecule has 1 aromatic heterocycles. The predicted octanol–water partition coefficient (Wildman–Crippen LogP) is 1.22. The lowest BCUT2D eigenvalue weighted by Crippen LogP contribution is -2.22. The van der Waals surface area contributed by atoms with Gasteiger partial charge in [0.15, 0.2) is 0 Å². The summed E-state index contributed by atoms with van der Waals surface area (Å²) in [5, 5.41) is 7.38. The third kappa shape index (κ3) is 1.67. The van der Waals surface area contributed by atoms with Gasteiger partial charge in [0.05, 0.1) is 13.0 Å². The van der Waals surface area contributed by atoms with Gasteiger partial charge in [0.25, 0.3) is 0 Å². The van der Waals surface area contributed by atoms with Gasteiger partial charge in [-0.15, -0.1) is 0 Å². The molecule has 0 aromatic carbocycles. The maximum absolute atomic E-state index is 11.5. The van der Waals surface area contributed by atoms with E-state index in [1.165, 1.54) is 12.7 Å². The molecule has 1 fully saturated rings. The summed E-state index contributed by atoms with van der Waals surface area (Å²) in [5.41, 5.74) is 1.25. The second-order valence-electron chi connectivity index (χ2n) is 3.45. The van der Waals surface area contributed by atoms with Crippen LogP contribution in [-0.4, -0.2) is 26.2 Å². The summed E-state index contributed by atoms with van der Waals surface area (Å²) in [6.45, 7) is 1.60. The number of hydrogen-bond donors (Lipinski definition) is 1. The molecular formula is C10H13NO2S. The standard InChI is InChI=1S/C10H13NO2S/c1-13-10(12)9-5-11-4-8(9)7-2-3-14-6-7/h2-3,6,8-9,11H,4-5H2,1H3. The van der Waals surface area contributed by atoms with Crippen molar-refractivity contribution in [3.8, 4) is 0 Å². The van der Waals surface area contributed by atoms with E-state index in [1.807, 2.05) is 5.38 Å². The van der Waals surface area contributed by atoms with Crippen molar-refractivity contribution in [2.45, 2.75) is 5.92 Å². The van der Waals surface area contributed by atoms with Crippen molar-refractivity contribution >= 4 is 17.3 Å². The van der Waals surface area contributed by atoms with E-state index in [2.05, 4.69) is 16.8 Å². The van der Waals surface area contributed by atoms with Gasteiger partial charge in [0.1, 0.15) is 0 Å². The van der Waals surface area contributed by atoms with Gasteiger partial charge >= 0.3 is 5.97 Å². The van der Waals surface area contributed by atoms with Crippen LogP contribution in [0.25, 0.3) is 0 Å². The van der Waals surface area contributed by atoms with E-state index >= 15 is 0 Å². The number of esters is 1. The first-order chi connectivity index (χ1) is 6.83. The topological polar surface area (TPSA) is 38.3 Å². The molecule has 2 rings (SSSR count). The average Bonchev–Trinajstić information content (AvgIpc) is 2.85. The lowest BCUT2D eigenvalue weighted by atomic mass is 9.91. The quantitative estimate of drug-likeness (QED) is 0.748. The zero-order chi connectivity index (χ0) is 9.97. The van der Waals surface area contributed by atoms with Gasteiger partial charge in [0.2, 0.25) is 0 Å². The molecule has 4 heteroatoms. The van der Waals surface area contributed by atoms with E-state index in [0.29, 0.717) is 0 Å². The second-order valence-corrected chi connectivity index (χ2v) is 4.23. The highest BCUT2D eigenvalue weighted by Crippen LogP contribution is 2.30. The third-order valence-corrected chi connectivity index (χ3v) is 3.39. The predicted molar refractivity (Wildman–Crippen MR) is 55.4 cm³/mol. The highest BCUT2D eigenvalue weighted by molar-refractivity contribution is 7.08. The molecule has 0 bridgehead atoms. The van der Waals surface area contributed by atoms with Crippen LogP contribution < -0.4 is 5.32 Å². The number of carbonyl (C=O) groups is 1. The number of thiophene rings is 1. The third-order valence-electron chi connectivity index (χ3n) is 2.69. The Balaban J connectivity index is 2.15. The van der Waals surface area contributed by atoms with Gasteiger partial charge in [0, 0.05) is 19.0 Å². The molecule has 2 atom stereocenters. The Morgan fingerprint density at radius 2 is 2.50 bits per heavy atom. The minimum absolute atomic E-state index is 0.0189. The van der Waals surface area contributed by atoms with Crippen LogP contribution in [0.3, 0.4) is 0 Å². The van der Waals surface area contributed by atoms with Crippen LogP contribution in [-0.2, 0) is 9.53 Å². The maximum atomic E-state index is 11.5.